The second-order valence-corrected chi connectivity index (χ2v) is 13.7. The van der Waals surface area contributed by atoms with E-state index in [-0.39, 0.29) is 5.41 Å². The zero-order valence-corrected chi connectivity index (χ0v) is 24.1. The van der Waals surface area contributed by atoms with Gasteiger partial charge in [-0.3, -0.25) is 0 Å². The molecular weight excluding hydrogens is 487 g/mol. The summed E-state index contributed by atoms with van der Waals surface area (Å²) in [6.07, 6.45) is 1.14. The Morgan fingerprint density at radius 3 is 2.43 bits per heavy atom. The number of hydrogen-bond acceptors (Lipinski definition) is 3. The van der Waals surface area contributed by atoms with Crippen LogP contribution in [0.1, 0.15) is 50.6 Å². The Morgan fingerprint density at radius 1 is 0.865 bits per heavy atom. The van der Waals surface area contributed by atoms with Gasteiger partial charge in [-0.25, -0.2) is 4.98 Å². The van der Waals surface area contributed by atoms with Gasteiger partial charge in [-0.15, -0.1) is 22.7 Å². The lowest BCUT2D eigenvalue weighted by molar-refractivity contribution is 0.596. The molecule has 0 radical (unpaired) electrons. The highest BCUT2D eigenvalue weighted by Crippen LogP contribution is 2.41. The molecule has 0 fully saturated rings. The summed E-state index contributed by atoms with van der Waals surface area (Å²) in [5, 5.41) is 7.47. The molecule has 0 aliphatic heterocycles. The Kier molecular flexibility index (Phi) is 5.97. The van der Waals surface area contributed by atoms with E-state index >= 15 is 0 Å². The molecule has 0 saturated heterocycles. The van der Waals surface area contributed by atoms with E-state index in [0.29, 0.717) is 5.92 Å². The van der Waals surface area contributed by atoms with Crippen molar-refractivity contribution in [2.45, 2.75) is 53.4 Å². The summed E-state index contributed by atoms with van der Waals surface area (Å²) >= 11 is 3.68. The fraction of sp³-hybridized carbons (Fsp3) is 0.265. The van der Waals surface area contributed by atoms with Crippen molar-refractivity contribution in [3.05, 3.63) is 88.1 Å². The van der Waals surface area contributed by atoms with Gasteiger partial charge in [0, 0.05) is 20.5 Å². The maximum atomic E-state index is 5.20. The molecule has 0 amide bonds. The highest BCUT2D eigenvalue weighted by atomic mass is 32.1. The van der Waals surface area contributed by atoms with Crippen LogP contribution < -0.4 is 0 Å². The summed E-state index contributed by atoms with van der Waals surface area (Å²) < 4.78 is 1.37. The molecule has 6 aromatic rings. The number of pyridine rings is 1. The lowest BCUT2D eigenvalue weighted by Gasteiger charge is -2.23. The van der Waals surface area contributed by atoms with E-state index in [1.807, 2.05) is 11.3 Å². The highest BCUT2D eigenvalue weighted by Gasteiger charge is 2.20. The van der Waals surface area contributed by atoms with Crippen LogP contribution in [-0.4, -0.2) is 4.98 Å². The van der Waals surface area contributed by atoms with Crippen molar-refractivity contribution in [1.29, 1.82) is 0 Å². The van der Waals surface area contributed by atoms with E-state index in [2.05, 4.69) is 114 Å². The van der Waals surface area contributed by atoms with Crippen molar-refractivity contribution in [2.75, 3.05) is 0 Å². The number of rotatable bonds is 4. The Hall–Kier alpha value is -3.01. The smallest absolute Gasteiger partial charge is 0.124 e. The summed E-state index contributed by atoms with van der Waals surface area (Å²) in [4.78, 5) is 7.79. The number of hydrogen-bond donors (Lipinski definition) is 0. The largest absolute Gasteiger partial charge is 0.237 e. The van der Waals surface area contributed by atoms with Crippen molar-refractivity contribution >= 4 is 53.7 Å². The van der Waals surface area contributed by atoms with Crippen LogP contribution in [-0.2, 0) is 11.8 Å². The fourth-order valence-corrected chi connectivity index (χ4v) is 7.62. The van der Waals surface area contributed by atoms with Gasteiger partial charge in [-0.05, 0) is 105 Å². The zero-order valence-electron chi connectivity index (χ0n) is 22.5. The van der Waals surface area contributed by atoms with E-state index in [1.54, 1.807) is 11.3 Å². The van der Waals surface area contributed by atoms with Gasteiger partial charge in [0.25, 0.3) is 0 Å². The molecule has 3 heteroatoms. The quantitative estimate of drug-likeness (QED) is 0.226. The van der Waals surface area contributed by atoms with Crippen molar-refractivity contribution in [3.8, 4) is 22.4 Å². The Bertz CT molecular complexity index is 1780. The monoisotopic (exact) mass is 519 g/mol. The van der Waals surface area contributed by atoms with Crippen LogP contribution in [0.25, 0.3) is 53.5 Å². The number of nitrogens with zero attached hydrogens (tertiary/aromatic N) is 1. The van der Waals surface area contributed by atoms with Gasteiger partial charge in [-0.1, -0.05) is 65.0 Å². The minimum absolute atomic E-state index is 0.0414. The van der Waals surface area contributed by atoms with E-state index in [1.165, 1.54) is 58.9 Å². The first-order valence-corrected chi connectivity index (χ1v) is 14.8. The van der Waals surface area contributed by atoms with Gasteiger partial charge >= 0.3 is 0 Å². The first-order valence-electron chi connectivity index (χ1n) is 13.1. The maximum absolute atomic E-state index is 5.20. The van der Waals surface area contributed by atoms with Crippen molar-refractivity contribution in [1.82, 2.24) is 4.98 Å². The van der Waals surface area contributed by atoms with E-state index < -0.39 is 0 Å². The second-order valence-electron chi connectivity index (χ2n) is 11.7. The number of aryl methyl sites for hydroxylation is 1. The molecule has 0 atom stereocenters. The molecule has 0 N–H and O–H groups in total. The number of fused-ring (bicyclic) bond motifs is 3. The van der Waals surface area contributed by atoms with Crippen LogP contribution in [0.5, 0.6) is 0 Å². The van der Waals surface area contributed by atoms with Crippen molar-refractivity contribution in [3.63, 3.8) is 0 Å². The van der Waals surface area contributed by atoms with Crippen molar-refractivity contribution < 1.29 is 0 Å². The highest BCUT2D eigenvalue weighted by molar-refractivity contribution is 7.19. The molecule has 0 spiro atoms. The molecule has 3 aromatic carbocycles. The topological polar surface area (TPSA) is 12.9 Å². The zero-order chi connectivity index (χ0) is 25.9. The summed E-state index contributed by atoms with van der Waals surface area (Å²) in [6, 6.07) is 25.1. The van der Waals surface area contributed by atoms with Gasteiger partial charge in [0.1, 0.15) is 4.83 Å². The first kappa shape index (κ1) is 24.3. The van der Waals surface area contributed by atoms with Crippen LogP contribution >= 0.6 is 22.7 Å². The van der Waals surface area contributed by atoms with E-state index in [9.17, 15) is 0 Å². The number of benzene rings is 3. The van der Waals surface area contributed by atoms with E-state index in [0.717, 1.165) is 16.9 Å². The molecule has 37 heavy (non-hydrogen) atoms. The normalized spacial score (nSPS) is 12.4. The standard InChI is InChI=1S/C34H33NS2/c1-20(2)13-26-16-25-15-23(11-12-31(25)37-26)28-18-30(35-33-32(28)21(3)19-36-33)24-14-22-9-7-8-10-27(22)29(17-24)34(4,5)6/h7-12,14-20H,13H2,1-6H3. The molecule has 0 aliphatic rings. The van der Waals surface area contributed by atoms with E-state index in [4.69, 9.17) is 4.98 Å². The van der Waals surface area contributed by atoms with Crippen molar-refractivity contribution in [2.24, 2.45) is 5.92 Å². The van der Waals surface area contributed by atoms with Gasteiger partial charge < -0.3 is 0 Å². The number of aromatic nitrogens is 1. The second kappa shape index (κ2) is 9.08. The fourth-order valence-electron chi connectivity index (χ4n) is 5.41. The average molecular weight is 520 g/mol. The van der Waals surface area contributed by atoms with Crippen LogP contribution in [0.4, 0.5) is 0 Å². The molecule has 186 valence electrons. The molecule has 0 bridgehead atoms. The van der Waals surface area contributed by atoms with Crippen LogP contribution in [0.15, 0.2) is 72.1 Å². The molecule has 0 aliphatic carbocycles. The minimum Gasteiger partial charge on any atom is -0.237 e. The van der Waals surface area contributed by atoms with Crippen LogP contribution in [0.3, 0.4) is 0 Å². The van der Waals surface area contributed by atoms with Gasteiger partial charge in [0.15, 0.2) is 0 Å². The number of thiophene rings is 2. The SMILES string of the molecule is Cc1csc2nc(-c3cc(C(C)(C)C)c4ccccc4c3)cc(-c3ccc4sc(CC(C)C)cc4c3)c12. The lowest BCUT2D eigenvalue weighted by atomic mass is 9.82. The molecule has 6 rings (SSSR count). The van der Waals surface area contributed by atoms with Gasteiger partial charge in [0.2, 0.25) is 0 Å². The minimum atomic E-state index is 0.0414. The van der Waals surface area contributed by atoms with Gasteiger partial charge in [0.05, 0.1) is 5.69 Å². The molecule has 0 saturated carbocycles. The summed E-state index contributed by atoms with van der Waals surface area (Å²) in [6.45, 7) is 13.7. The van der Waals surface area contributed by atoms with Crippen LogP contribution in [0.2, 0.25) is 0 Å². The first-order chi connectivity index (χ1) is 17.7. The average Bonchev–Trinajstić information content (AvgIpc) is 3.43. The molecule has 0 unspecified atom stereocenters. The maximum Gasteiger partial charge on any atom is 0.124 e. The molecule has 3 heterocycles. The Morgan fingerprint density at radius 2 is 1.65 bits per heavy atom. The third-order valence-corrected chi connectivity index (χ3v) is 9.31. The predicted molar refractivity (Wildman–Crippen MR) is 165 cm³/mol. The lowest BCUT2D eigenvalue weighted by Crippen LogP contribution is -2.12. The van der Waals surface area contributed by atoms with Gasteiger partial charge in [-0.2, -0.15) is 0 Å². The summed E-state index contributed by atoms with van der Waals surface area (Å²) in [5.41, 5.74) is 7.49. The summed E-state index contributed by atoms with van der Waals surface area (Å²) in [7, 11) is 0. The molecule has 1 nitrogen and oxygen atoms in total. The molecular formula is C34H33NS2. The summed E-state index contributed by atoms with van der Waals surface area (Å²) in [5.74, 6) is 0.670. The predicted octanol–water partition coefficient (Wildman–Crippen LogP) is 10.8. The van der Waals surface area contributed by atoms with Crippen LogP contribution in [0, 0.1) is 12.8 Å². The third-order valence-electron chi connectivity index (χ3n) is 7.18. The third kappa shape index (κ3) is 4.49. The Balaban J connectivity index is 1.56. The Labute approximate surface area is 227 Å². The molecule has 3 aromatic heterocycles.